The van der Waals surface area contributed by atoms with Crippen molar-refractivity contribution in [1.29, 1.82) is 0 Å². The average molecular weight is 737 g/mol. The summed E-state index contributed by atoms with van der Waals surface area (Å²) >= 11 is 26.5. The van der Waals surface area contributed by atoms with Gasteiger partial charge in [0.15, 0.2) is 22.0 Å². The maximum absolute atomic E-state index is 14.1. The number of ether oxygens (including phenoxy) is 4. The summed E-state index contributed by atoms with van der Waals surface area (Å²) in [6, 6.07) is 13.0. The fourth-order valence-corrected chi connectivity index (χ4v) is 7.03. The van der Waals surface area contributed by atoms with E-state index < -0.39 is 12.0 Å². The molecule has 3 aromatic carbocycles. The van der Waals surface area contributed by atoms with Crippen LogP contribution in [0.25, 0.3) is 6.08 Å². The van der Waals surface area contributed by atoms with Crippen LogP contribution in [0.2, 0.25) is 20.1 Å². The van der Waals surface area contributed by atoms with Crippen LogP contribution in [0.4, 0.5) is 0 Å². The number of carbonyl (C=O) groups excluding carboxylic acids is 1. The second-order valence-corrected chi connectivity index (χ2v) is 13.4. The van der Waals surface area contributed by atoms with Crippen LogP contribution < -0.4 is 29.1 Å². The number of aromatic nitrogens is 1. The Morgan fingerprint density at radius 3 is 2.36 bits per heavy atom. The molecule has 0 unspecified atom stereocenters. The van der Waals surface area contributed by atoms with Gasteiger partial charge < -0.3 is 18.9 Å². The van der Waals surface area contributed by atoms with Gasteiger partial charge in [-0.2, -0.15) is 0 Å². The molecule has 0 N–H and O–H groups in total. The lowest BCUT2D eigenvalue weighted by atomic mass is 9.95. The third-order valence-corrected chi connectivity index (χ3v) is 9.35. The van der Waals surface area contributed by atoms with Crippen LogP contribution in [0, 0.1) is 0 Å². The Morgan fingerprint density at radius 1 is 1.00 bits per heavy atom. The fraction of sp³-hybridized carbons (Fsp3) is 0.265. The summed E-state index contributed by atoms with van der Waals surface area (Å²) in [5.41, 5.74) is 2.31. The van der Waals surface area contributed by atoms with E-state index in [9.17, 15) is 9.59 Å². The van der Waals surface area contributed by atoms with E-state index >= 15 is 0 Å². The lowest BCUT2D eigenvalue weighted by Crippen LogP contribution is -2.40. The van der Waals surface area contributed by atoms with E-state index in [1.165, 1.54) is 23.0 Å². The number of rotatable bonds is 10. The molecule has 8 nitrogen and oxygen atoms in total. The van der Waals surface area contributed by atoms with Crippen molar-refractivity contribution in [3.05, 3.63) is 116 Å². The lowest BCUT2D eigenvalue weighted by molar-refractivity contribution is -0.139. The Labute approximate surface area is 295 Å². The Hall–Kier alpha value is -3.47. The molecule has 1 aliphatic rings. The molecule has 0 saturated carbocycles. The van der Waals surface area contributed by atoms with E-state index in [2.05, 4.69) is 4.99 Å². The predicted molar refractivity (Wildman–Crippen MR) is 186 cm³/mol. The van der Waals surface area contributed by atoms with Gasteiger partial charge in [0.25, 0.3) is 5.56 Å². The van der Waals surface area contributed by atoms with Gasteiger partial charge in [-0.25, -0.2) is 9.79 Å². The number of fused-ring (bicyclic) bond motifs is 1. The van der Waals surface area contributed by atoms with E-state index in [1.807, 2.05) is 13.8 Å². The average Bonchev–Trinajstić information content (AvgIpc) is 3.31. The second-order valence-electron chi connectivity index (χ2n) is 10.7. The Kier molecular flexibility index (Phi) is 10.9. The van der Waals surface area contributed by atoms with E-state index in [-0.39, 0.29) is 46.2 Å². The molecule has 0 aliphatic carbocycles. The summed E-state index contributed by atoms with van der Waals surface area (Å²) in [7, 11) is 1.53. The number of nitrogens with zero attached hydrogens (tertiary/aromatic N) is 2. The van der Waals surface area contributed by atoms with Crippen LogP contribution in [0.5, 0.6) is 17.2 Å². The molecule has 47 heavy (non-hydrogen) atoms. The van der Waals surface area contributed by atoms with Gasteiger partial charge in [-0.1, -0.05) is 69.9 Å². The SMILES string of the molecule is CCOC(=O)C1=C(C)N=c2s/c(=C\c3cc(Cl)c(OCc4ccc(Cl)c(Cl)c4)c(Cl)c3)c(=O)n2[C@@H]1c1ccc(OC(C)C)c(OC)c1. The van der Waals surface area contributed by atoms with Gasteiger partial charge >= 0.3 is 5.97 Å². The van der Waals surface area contributed by atoms with Gasteiger partial charge in [-0.05, 0) is 86.9 Å². The highest BCUT2D eigenvalue weighted by Crippen LogP contribution is 2.37. The molecule has 1 aliphatic heterocycles. The topological polar surface area (TPSA) is 88.4 Å². The summed E-state index contributed by atoms with van der Waals surface area (Å²) < 4.78 is 24.7. The van der Waals surface area contributed by atoms with Gasteiger partial charge in [0.2, 0.25) is 0 Å². The molecular weight excluding hydrogens is 706 g/mol. The first-order chi connectivity index (χ1) is 22.4. The number of allylic oxidation sites excluding steroid dienone is 1. The minimum absolute atomic E-state index is 0.0881. The first-order valence-electron chi connectivity index (χ1n) is 14.5. The summed E-state index contributed by atoms with van der Waals surface area (Å²) in [4.78, 5) is 32.4. The highest BCUT2D eigenvalue weighted by Gasteiger charge is 2.34. The molecule has 0 fully saturated rings. The molecule has 1 aromatic heterocycles. The smallest absolute Gasteiger partial charge is 0.338 e. The second kappa shape index (κ2) is 14.7. The van der Waals surface area contributed by atoms with Crippen molar-refractivity contribution in [2.45, 2.75) is 46.4 Å². The molecule has 0 amide bonds. The summed E-state index contributed by atoms with van der Waals surface area (Å²) in [5, 5.41) is 1.36. The monoisotopic (exact) mass is 734 g/mol. The summed E-state index contributed by atoms with van der Waals surface area (Å²) in [5.74, 6) is 0.716. The van der Waals surface area contributed by atoms with Crippen LogP contribution in [0.1, 0.15) is 50.4 Å². The largest absolute Gasteiger partial charge is 0.493 e. The van der Waals surface area contributed by atoms with Crippen molar-refractivity contribution in [1.82, 2.24) is 4.57 Å². The van der Waals surface area contributed by atoms with Gasteiger partial charge in [-0.3, -0.25) is 9.36 Å². The Bertz CT molecular complexity index is 2050. The van der Waals surface area contributed by atoms with Crippen molar-refractivity contribution < 1.29 is 23.7 Å². The number of hydrogen-bond acceptors (Lipinski definition) is 8. The predicted octanol–water partition coefficient (Wildman–Crippen LogP) is 7.79. The van der Waals surface area contributed by atoms with Crippen LogP contribution in [-0.4, -0.2) is 30.4 Å². The van der Waals surface area contributed by atoms with Crippen molar-refractivity contribution in [2.75, 3.05) is 13.7 Å². The van der Waals surface area contributed by atoms with E-state index in [4.69, 9.17) is 65.4 Å². The zero-order valence-electron chi connectivity index (χ0n) is 26.0. The quantitative estimate of drug-likeness (QED) is 0.155. The van der Waals surface area contributed by atoms with E-state index in [1.54, 1.807) is 68.5 Å². The molecule has 2 heterocycles. The minimum Gasteiger partial charge on any atom is -0.493 e. The van der Waals surface area contributed by atoms with Crippen LogP contribution in [-0.2, 0) is 16.1 Å². The van der Waals surface area contributed by atoms with Crippen LogP contribution >= 0.6 is 57.7 Å². The number of halogens is 4. The van der Waals surface area contributed by atoms with Crippen LogP contribution in [0.15, 0.2) is 69.6 Å². The summed E-state index contributed by atoms with van der Waals surface area (Å²) in [6.07, 6.45) is 1.58. The minimum atomic E-state index is -0.834. The summed E-state index contributed by atoms with van der Waals surface area (Å²) in [6.45, 7) is 7.58. The number of thiazole rings is 1. The van der Waals surface area contributed by atoms with Crippen molar-refractivity contribution in [3.8, 4) is 17.2 Å². The normalized spacial score (nSPS) is 14.6. The number of esters is 1. The van der Waals surface area contributed by atoms with Gasteiger partial charge in [0.05, 0.1) is 61.8 Å². The molecule has 1 atom stereocenters. The maximum atomic E-state index is 14.1. The Morgan fingerprint density at radius 2 is 1.72 bits per heavy atom. The Balaban J connectivity index is 1.56. The number of methoxy groups -OCH3 is 1. The van der Waals surface area contributed by atoms with Crippen LogP contribution in [0.3, 0.4) is 0 Å². The highest BCUT2D eigenvalue weighted by atomic mass is 35.5. The molecule has 0 bridgehead atoms. The van der Waals surface area contributed by atoms with E-state index in [0.29, 0.717) is 47.7 Å². The molecule has 4 aromatic rings. The number of carbonyl (C=O) groups is 1. The number of hydrogen-bond donors (Lipinski definition) is 0. The van der Waals surface area contributed by atoms with Gasteiger partial charge in [0, 0.05) is 0 Å². The first-order valence-corrected chi connectivity index (χ1v) is 16.8. The third kappa shape index (κ3) is 7.50. The molecule has 5 rings (SSSR count). The maximum Gasteiger partial charge on any atom is 0.338 e. The molecule has 0 saturated heterocycles. The molecule has 0 spiro atoms. The lowest BCUT2D eigenvalue weighted by Gasteiger charge is -2.25. The van der Waals surface area contributed by atoms with Crippen molar-refractivity contribution in [3.63, 3.8) is 0 Å². The molecule has 0 radical (unpaired) electrons. The first kappa shape index (κ1) is 34.9. The van der Waals surface area contributed by atoms with Gasteiger partial charge in [0.1, 0.15) is 6.61 Å². The molecular formula is C34H30Cl4N2O6S. The molecule has 246 valence electrons. The standard InChI is InChI=1S/C34H30Cl4N2O6S/c1-6-44-33(42)29-18(4)39-34-40(30(29)21-8-10-26(46-17(2)3)27(15-21)43-5)32(41)28(47-34)14-20-12-24(37)31(25(38)13-20)45-16-19-7-9-22(35)23(36)11-19/h7-15,17,30H,6,16H2,1-5H3/b28-14-/t30-/m1/s1. The number of benzene rings is 3. The zero-order chi connectivity index (χ0) is 34.0. The fourth-order valence-electron chi connectivity index (χ4n) is 5.05. The third-order valence-electron chi connectivity index (χ3n) is 7.07. The zero-order valence-corrected chi connectivity index (χ0v) is 29.9. The van der Waals surface area contributed by atoms with Crippen molar-refractivity contribution >= 4 is 69.8 Å². The van der Waals surface area contributed by atoms with E-state index in [0.717, 1.165) is 5.56 Å². The van der Waals surface area contributed by atoms with Gasteiger partial charge in [-0.15, -0.1) is 0 Å². The van der Waals surface area contributed by atoms with Crippen molar-refractivity contribution in [2.24, 2.45) is 4.99 Å². The molecule has 13 heteroatoms. The highest BCUT2D eigenvalue weighted by molar-refractivity contribution is 7.07.